The van der Waals surface area contributed by atoms with E-state index >= 15 is 0 Å². The molecule has 2 N–H and O–H groups in total. The Morgan fingerprint density at radius 3 is 2.79 bits per heavy atom. The summed E-state index contributed by atoms with van der Waals surface area (Å²) < 4.78 is 9.40. The molecule has 98 valence electrons. The monoisotopic (exact) mass is 258 g/mol. The molecule has 7 nitrogen and oxygen atoms in total. The van der Waals surface area contributed by atoms with Crippen LogP contribution in [0.2, 0.25) is 0 Å². The van der Waals surface area contributed by atoms with Crippen LogP contribution >= 0.6 is 0 Å². The molecule has 0 saturated carbocycles. The van der Waals surface area contributed by atoms with Crippen molar-refractivity contribution in [2.24, 2.45) is 7.05 Å². The zero-order valence-corrected chi connectivity index (χ0v) is 11.0. The lowest BCUT2D eigenvalue weighted by Crippen LogP contribution is -2.00. The largest absolute Gasteiger partial charge is 0.432 e. The van der Waals surface area contributed by atoms with Crippen molar-refractivity contribution in [3.05, 3.63) is 30.0 Å². The Labute approximate surface area is 109 Å². The van der Waals surface area contributed by atoms with Gasteiger partial charge in [-0.2, -0.15) is 10.1 Å². The number of fused-ring (bicyclic) bond motifs is 1. The molecule has 0 aliphatic heterocycles. The molecule has 0 aliphatic rings. The van der Waals surface area contributed by atoms with Gasteiger partial charge in [0.15, 0.2) is 5.75 Å². The van der Waals surface area contributed by atoms with Crippen molar-refractivity contribution < 1.29 is 4.74 Å². The first kappa shape index (κ1) is 11.5. The Hall–Kier alpha value is -2.57. The normalized spacial score (nSPS) is 11.1. The number of nitrogens with two attached hydrogens (primary N) is 1. The first-order valence-electron chi connectivity index (χ1n) is 5.83. The Morgan fingerprint density at radius 2 is 2.11 bits per heavy atom. The lowest BCUT2D eigenvalue weighted by Gasteiger charge is -2.07. The maximum absolute atomic E-state index is 5.86. The van der Waals surface area contributed by atoms with E-state index in [0.717, 1.165) is 11.4 Å². The van der Waals surface area contributed by atoms with E-state index < -0.39 is 0 Å². The molecule has 3 rings (SSSR count). The average Bonchev–Trinajstić information content (AvgIpc) is 2.90. The molecule has 3 aromatic heterocycles. The maximum Gasteiger partial charge on any atom is 0.265 e. The summed E-state index contributed by atoms with van der Waals surface area (Å²) in [6.07, 6.45) is 5.16. The van der Waals surface area contributed by atoms with E-state index in [1.165, 1.54) is 0 Å². The fraction of sp³-hybridized carbons (Fsp3) is 0.250. The van der Waals surface area contributed by atoms with Crippen LogP contribution in [-0.2, 0) is 7.05 Å². The standard InChI is InChI=1S/C12H14N6O/c1-7-10(8(2)17(3)16-7)19-12-11-14-4-5-18(11)6-9(13)15-12/h4-6H,13H2,1-3H3. The van der Waals surface area contributed by atoms with Gasteiger partial charge in [0, 0.05) is 19.4 Å². The second-order valence-corrected chi connectivity index (χ2v) is 4.35. The van der Waals surface area contributed by atoms with Crippen LogP contribution in [0.25, 0.3) is 5.65 Å². The zero-order valence-electron chi connectivity index (χ0n) is 11.0. The molecule has 19 heavy (non-hydrogen) atoms. The van der Waals surface area contributed by atoms with Crippen LogP contribution in [0.15, 0.2) is 18.6 Å². The minimum atomic E-state index is 0.375. The third-order valence-corrected chi connectivity index (χ3v) is 3.00. The quantitative estimate of drug-likeness (QED) is 0.752. The van der Waals surface area contributed by atoms with Gasteiger partial charge in [-0.25, -0.2) is 4.98 Å². The van der Waals surface area contributed by atoms with Crippen LogP contribution in [0, 0.1) is 13.8 Å². The van der Waals surface area contributed by atoms with Crippen molar-refractivity contribution in [2.75, 3.05) is 5.73 Å². The number of nitrogen functional groups attached to an aromatic ring is 1. The lowest BCUT2D eigenvalue weighted by molar-refractivity contribution is 0.458. The molecule has 0 radical (unpaired) electrons. The van der Waals surface area contributed by atoms with Gasteiger partial charge >= 0.3 is 0 Å². The SMILES string of the molecule is Cc1nn(C)c(C)c1Oc1nc(N)cn2ccnc12. The molecule has 7 heteroatoms. The van der Waals surface area contributed by atoms with Gasteiger partial charge in [-0.3, -0.25) is 9.08 Å². The van der Waals surface area contributed by atoms with Crippen LogP contribution in [0.1, 0.15) is 11.4 Å². The molecule has 0 fully saturated rings. The highest BCUT2D eigenvalue weighted by Gasteiger charge is 2.15. The van der Waals surface area contributed by atoms with E-state index in [0.29, 0.717) is 23.1 Å². The minimum Gasteiger partial charge on any atom is -0.432 e. The predicted octanol–water partition coefficient (Wildman–Crippen LogP) is 1.45. The predicted molar refractivity (Wildman–Crippen MR) is 70.2 cm³/mol. The number of aromatic nitrogens is 5. The van der Waals surface area contributed by atoms with Crippen LogP contribution in [0.5, 0.6) is 11.6 Å². The molecule has 3 heterocycles. The summed E-state index contributed by atoms with van der Waals surface area (Å²) in [6, 6.07) is 0. The first-order valence-corrected chi connectivity index (χ1v) is 5.83. The fourth-order valence-electron chi connectivity index (χ4n) is 1.99. The van der Waals surface area contributed by atoms with E-state index in [4.69, 9.17) is 10.5 Å². The number of nitrogens with zero attached hydrogens (tertiary/aromatic N) is 5. The second kappa shape index (κ2) is 3.98. The summed E-state index contributed by atoms with van der Waals surface area (Å²) in [7, 11) is 1.87. The van der Waals surface area contributed by atoms with Crippen LogP contribution in [0.4, 0.5) is 5.82 Å². The van der Waals surface area contributed by atoms with Crippen molar-refractivity contribution in [3.63, 3.8) is 0 Å². The molecular formula is C12H14N6O. The Balaban J connectivity index is 2.12. The number of ether oxygens (including phenoxy) is 1. The van der Waals surface area contributed by atoms with Crippen LogP contribution < -0.4 is 10.5 Å². The molecule has 0 spiro atoms. The van der Waals surface area contributed by atoms with Gasteiger partial charge in [-0.15, -0.1) is 0 Å². The van der Waals surface area contributed by atoms with Crippen molar-refractivity contribution in [2.45, 2.75) is 13.8 Å². The third-order valence-electron chi connectivity index (χ3n) is 3.00. The molecule has 0 atom stereocenters. The lowest BCUT2D eigenvalue weighted by atomic mass is 10.3. The first-order chi connectivity index (χ1) is 9.06. The number of hydrogen-bond acceptors (Lipinski definition) is 5. The highest BCUT2D eigenvalue weighted by molar-refractivity contribution is 5.54. The molecular weight excluding hydrogens is 244 g/mol. The van der Waals surface area contributed by atoms with Gasteiger partial charge in [0.25, 0.3) is 5.88 Å². The average molecular weight is 258 g/mol. The number of hydrogen-bond donors (Lipinski definition) is 1. The van der Waals surface area contributed by atoms with E-state index in [2.05, 4.69) is 15.1 Å². The third kappa shape index (κ3) is 1.79. The summed E-state index contributed by atoms with van der Waals surface area (Å²) in [5, 5.41) is 4.30. The maximum atomic E-state index is 5.86. The highest BCUT2D eigenvalue weighted by atomic mass is 16.5. The highest BCUT2D eigenvalue weighted by Crippen LogP contribution is 2.29. The summed E-state index contributed by atoms with van der Waals surface area (Å²) >= 11 is 0. The van der Waals surface area contributed by atoms with Gasteiger partial charge in [-0.1, -0.05) is 0 Å². The number of imidazole rings is 1. The van der Waals surface area contributed by atoms with Gasteiger partial charge < -0.3 is 10.5 Å². The molecule has 0 aromatic carbocycles. The molecule has 0 unspecified atom stereocenters. The summed E-state index contributed by atoms with van der Waals surface area (Å²) in [5.74, 6) is 1.44. The summed E-state index contributed by atoms with van der Waals surface area (Å²) in [6.45, 7) is 3.82. The van der Waals surface area contributed by atoms with Crippen LogP contribution in [0.3, 0.4) is 0 Å². The number of aryl methyl sites for hydroxylation is 2. The summed E-state index contributed by atoms with van der Waals surface area (Å²) in [5.41, 5.74) is 8.10. The van der Waals surface area contributed by atoms with Gasteiger partial charge in [0.1, 0.15) is 11.5 Å². The molecule has 0 aliphatic carbocycles. The van der Waals surface area contributed by atoms with Crippen molar-refractivity contribution in [3.8, 4) is 11.6 Å². The van der Waals surface area contributed by atoms with E-state index in [9.17, 15) is 0 Å². The van der Waals surface area contributed by atoms with E-state index in [1.807, 2.05) is 20.9 Å². The molecule has 3 aromatic rings. The Morgan fingerprint density at radius 1 is 1.32 bits per heavy atom. The second-order valence-electron chi connectivity index (χ2n) is 4.35. The van der Waals surface area contributed by atoms with Crippen LogP contribution in [-0.4, -0.2) is 24.1 Å². The molecule has 0 amide bonds. The van der Waals surface area contributed by atoms with Gasteiger partial charge in [0.2, 0.25) is 5.65 Å². The van der Waals surface area contributed by atoms with E-state index in [-0.39, 0.29) is 0 Å². The number of rotatable bonds is 2. The topological polar surface area (TPSA) is 83.3 Å². The summed E-state index contributed by atoms with van der Waals surface area (Å²) in [4.78, 5) is 8.41. The minimum absolute atomic E-state index is 0.375. The van der Waals surface area contributed by atoms with Crippen molar-refractivity contribution >= 4 is 11.5 Å². The van der Waals surface area contributed by atoms with Gasteiger partial charge in [-0.05, 0) is 13.8 Å². The number of anilines is 1. The van der Waals surface area contributed by atoms with Gasteiger partial charge in [0.05, 0.1) is 11.9 Å². The van der Waals surface area contributed by atoms with Crippen molar-refractivity contribution in [1.82, 2.24) is 24.1 Å². The smallest absolute Gasteiger partial charge is 0.265 e. The Bertz CT molecular complexity index is 757. The molecule has 0 saturated heterocycles. The van der Waals surface area contributed by atoms with Crippen molar-refractivity contribution in [1.29, 1.82) is 0 Å². The Kier molecular flexibility index (Phi) is 2.41. The fourth-order valence-corrected chi connectivity index (χ4v) is 1.99. The van der Waals surface area contributed by atoms with E-state index in [1.54, 1.807) is 27.7 Å². The molecule has 0 bridgehead atoms. The zero-order chi connectivity index (χ0) is 13.6.